The zero-order valence-corrected chi connectivity index (χ0v) is 8.79. The second kappa shape index (κ2) is 4.40. The molecule has 0 aliphatic rings. The number of nitrogens with two attached hydrogens (primary N) is 1. The third-order valence-electron chi connectivity index (χ3n) is 2.14. The first-order valence-corrected chi connectivity index (χ1v) is 4.37. The molecule has 0 aliphatic carbocycles. The summed E-state index contributed by atoms with van der Waals surface area (Å²) < 4.78 is 0. The van der Waals surface area contributed by atoms with Crippen LogP contribution in [0.3, 0.4) is 0 Å². The molecule has 0 fully saturated rings. The Labute approximate surface area is 89.6 Å². The number of aromatic nitrogens is 1. The number of para-hydroxylation sites is 1. The standard InChI is InChI=1S/C11H12N2.ClH/c1-8(12)10-6-9-4-2-3-5-11(9)13-7-10;/h2-8H,12H2,1H3;1H. The smallest absolute Gasteiger partial charge is 0.0702 e. The Balaban J connectivity index is 0.000000980. The van der Waals surface area contributed by atoms with Crippen LogP contribution in [-0.4, -0.2) is 4.98 Å². The average Bonchev–Trinajstić information content (AvgIpc) is 2.17. The summed E-state index contributed by atoms with van der Waals surface area (Å²) in [6.45, 7) is 1.96. The molecule has 1 heterocycles. The summed E-state index contributed by atoms with van der Waals surface area (Å²) in [6.07, 6.45) is 1.84. The van der Waals surface area contributed by atoms with E-state index in [1.807, 2.05) is 37.4 Å². The largest absolute Gasteiger partial charge is 0.324 e. The van der Waals surface area contributed by atoms with E-state index >= 15 is 0 Å². The third-order valence-corrected chi connectivity index (χ3v) is 2.14. The van der Waals surface area contributed by atoms with E-state index in [0.29, 0.717) is 0 Å². The van der Waals surface area contributed by atoms with Gasteiger partial charge in [-0.2, -0.15) is 0 Å². The van der Waals surface area contributed by atoms with Crippen LogP contribution < -0.4 is 5.73 Å². The Morgan fingerprint density at radius 3 is 2.71 bits per heavy atom. The number of rotatable bonds is 1. The molecule has 74 valence electrons. The highest BCUT2D eigenvalue weighted by Gasteiger charge is 2.00. The van der Waals surface area contributed by atoms with Gasteiger partial charge in [0.2, 0.25) is 0 Å². The fourth-order valence-corrected chi connectivity index (χ4v) is 1.34. The van der Waals surface area contributed by atoms with Crippen LogP contribution in [-0.2, 0) is 0 Å². The molecule has 0 amide bonds. The van der Waals surface area contributed by atoms with Gasteiger partial charge in [-0.3, -0.25) is 4.98 Å². The zero-order chi connectivity index (χ0) is 9.26. The Morgan fingerprint density at radius 1 is 1.29 bits per heavy atom. The van der Waals surface area contributed by atoms with Gasteiger partial charge in [0.15, 0.2) is 0 Å². The zero-order valence-electron chi connectivity index (χ0n) is 7.97. The summed E-state index contributed by atoms with van der Waals surface area (Å²) in [5, 5.41) is 1.15. The van der Waals surface area contributed by atoms with E-state index in [9.17, 15) is 0 Å². The number of benzene rings is 1. The molecule has 14 heavy (non-hydrogen) atoms. The molecular formula is C11H13ClN2. The van der Waals surface area contributed by atoms with Gasteiger partial charge in [0.1, 0.15) is 0 Å². The quantitative estimate of drug-likeness (QED) is 0.783. The van der Waals surface area contributed by atoms with Gasteiger partial charge in [0.05, 0.1) is 5.52 Å². The molecule has 1 aromatic carbocycles. The summed E-state index contributed by atoms with van der Waals surface area (Å²) in [7, 11) is 0. The normalized spacial score (nSPS) is 12.1. The first kappa shape index (κ1) is 11.0. The molecule has 0 saturated carbocycles. The van der Waals surface area contributed by atoms with Crippen LogP contribution in [0.5, 0.6) is 0 Å². The van der Waals surface area contributed by atoms with Gasteiger partial charge in [-0.25, -0.2) is 0 Å². The minimum absolute atomic E-state index is 0. The van der Waals surface area contributed by atoms with Gasteiger partial charge >= 0.3 is 0 Å². The maximum Gasteiger partial charge on any atom is 0.0702 e. The average molecular weight is 209 g/mol. The Hall–Kier alpha value is -1.12. The molecule has 2 aromatic rings. The minimum Gasteiger partial charge on any atom is -0.324 e. The van der Waals surface area contributed by atoms with Crippen LogP contribution in [0.2, 0.25) is 0 Å². The van der Waals surface area contributed by atoms with Crippen molar-refractivity contribution in [2.45, 2.75) is 13.0 Å². The van der Waals surface area contributed by atoms with Gasteiger partial charge in [-0.15, -0.1) is 12.4 Å². The van der Waals surface area contributed by atoms with E-state index in [1.54, 1.807) is 0 Å². The van der Waals surface area contributed by atoms with Gasteiger partial charge in [0, 0.05) is 17.6 Å². The lowest BCUT2D eigenvalue weighted by Crippen LogP contribution is -2.04. The number of nitrogens with zero attached hydrogens (tertiary/aromatic N) is 1. The number of fused-ring (bicyclic) bond motifs is 1. The lowest BCUT2D eigenvalue weighted by Gasteiger charge is -2.05. The van der Waals surface area contributed by atoms with E-state index in [0.717, 1.165) is 16.5 Å². The highest BCUT2D eigenvalue weighted by atomic mass is 35.5. The molecule has 0 bridgehead atoms. The second-order valence-corrected chi connectivity index (χ2v) is 3.25. The van der Waals surface area contributed by atoms with Gasteiger partial charge < -0.3 is 5.73 Å². The van der Waals surface area contributed by atoms with Crippen molar-refractivity contribution in [3.05, 3.63) is 42.1 Å². The van der Waals surface area contributed by atoms with Crippen LogP contribution in [0.25, 0.3) is 10.9 Å². The third kappa shape index (κ3) is 2.03. The molecule has 1 atom stereocenters. The SMILES string of the molecule is CC(N)c1cnc2ccccc2c1.Cl. The van der Waals surface area contributed by atoms with Gasteiger partial charge in [0.25, 0.3) is 0 Å². The second-order valence-electron chi connectivity index (χ2n) is 3.25. The molecule has 2 rings (SSSR count). The van der Waals surface area contributed by atoms with E-state index in [1.165, 1.54) is 0 Å². The van der Waals surface area contributed by atoms with E-state index < -0.39 is 0 Å². The molecule has 1 unspecified atom stereocenters. The molecule has 1 aromatic heterocycles. The van der Waals surface area contributed by atoms with Crippen molar-refractivity contribution in [2.24, 2.45) is 5.73 Å². The highest BCUT2D eigenvalue weighted by molar-refractivity contribution is 5.85. The van der Waals surface area contributed by atoms with Crippen molar-refractivity contribution in [1.29, 1.82) is 0 Å². The lowest BCUT2D eigenvalue weighted by molar-refractivity contribution is 0.814. The fraction of sp³-hybridized carbons (Fsp3) is 0.182. The van der Waals surface area contributed by atoms with Crippen LogP contribution >= 0.6 is 12.4 Å². The monoisotopic (exact) mass is 208 g/mol. The molecule has 0 radical (unpaired) electrons. The van der Waals surface area contributed by atoms with Crippen LogP contribution in [0, 0.1) is 0 Å². The number of halogens is 1. The van der Waals surface area contributed by atoms with Crippen molar-refractivity contribution in [3.8, 4) is 0 Å². The van der Waals surface area contributed by atoms with Crippen molar-refractivity contribution in [3.63, 3.8) is 0 Å². The van der Waals surface area contributed by atoms with Crippen molar-refractivity contribution in [1.82, 2.24) is 4.98 Å². The summed E-state index contributed by atoms with van der Waals surface area (Å²) >= 11 is 0. The minimum atomic E-state index is 0. The highest BCUT2D eigenvalue weighted by Crippen LogP contribution is 2.15. The summed E-state index contributed by atoms with van der Waals surface area (Å²) in [4.78, 5) is 4.32. The summed E-state index contributed by atoms with van der Waals surface area (Å²) in [5.74, 6) is 0. The maximum absolute atomic E-state index is 5.76. The number of pyridine rings is 1. The predicted octanol–water partition coefficient (Wildman–Crippen LogP) is 2.68. The Bertz CT molecular complexity index is 426. The number of hydrogen-bond donors (Lipinski definition) is 1. The summed E-state index contributed by atoms with van der Waals surface area (Å²) in [5.41, 5.74) is 7.87. The van der Waals surface area contributed by atoms with Crippen molar-refractivity contribution < 1.29 is 0 Å². The van der Waals surface area contributed by atoms with E-state index in [4.69, 9.17) is 5.73 Å². The Kier molecular flexibility index (Phi) is 3.44. The van der Waals surface area contributed by atoms with Crippen LogP contribution in [0.15, 0.2) is 36.5 Å². The Morgan fingerprint density at radius 2 is 2.00 bits per heavy atom. The molecule has 2 nitrogen and oxygen atoms in total. The molecule has 2 N–H and O–H groups in total. The van der Waals surface area contributed by atoms with E-state index in [-0.39, 0.29) is 18.4 Å². The molecule has 0 aliphatic heterocycles. The number of hydrogen-bond acceptors (Lipinski definition) is 2. The van der Waals surface area contributed by atoms with Gasteiger partial charge in [-0.1, -0.05) is 18.2 Å². The molecule has 3 heteroatoms. The van der Waals surface area contributed by atoms with Crippen molar-refractivity contribution >= 4 is 23.3 Å². The van der Waals surface area contributed by atoms with E-state index in [2.05, 4.69) is 11.1 Å². The van der Waals surface area contributed by atoms with Gasteiger partial charge in [-0.05, 0) is 24.6 Å². The van der Waals surface area contributed by atoms with Crippen molar-refractivity contribution in [2.75, 3.05) is 0 Å². The topological polar surface area (TPSA) is 38.9 Å². The predicted molar refractivity (Wildman–Crippen MR) is 61.6 cm³/mol. The fourth-order valence-electron chi connectivity index (χ4n) is 1.34. The first-order chi connectivity index (χ1) is 6.27. The molecular weight excluding hydrogens is 196 g/mol. The first-order valence-electron chi connectivity index (χ1n) is 4.37. The molecule has 0 spiro atoms. The molecule has 0 saturated heterocycles. The van der Waals surface area contributed by atoms with Crippen LogP contribution in [0.4, 0.5) is 0 Å². The summed E-state index contributed by atoms with van der Waals surface area (Å²) in [6, 6.07) is 10.2. The van der Waals surface area contributed by atoms with Crippen LogP contribution in [0.1, 0.15) is 18.5 Å². The lowest BCUT2D eigenvalue weighted by atomic mass is 10.1. The maximum atomic E-state index is 5.76.